The maximum absolute atomic E-state index is 12.5. The molecule has 0 aliphatic heterocycles. The van der Waals surface area contributed by atoms with Crippen LogP contribution in [0.2, 0.25) is 0 Å². The summed E-state index contributed by atoms with van der Waals surface area (Å²) in [5.41, 5.74) is 0.855. The predicted molar refractivity (Wildman–Crippen MR) is 47.6 cm³/mol. The topological polar surface area (TPSA) is 25.8 Å². The third-order valence-corrected chi connectivity index (χ3v) is 2.59. The molecule has 1 heterocycles. The highest BCUT2D eigenvalue weighted by atomic mass is 32.9. The monoisotopic (exact) mass is 199 g/mol. The third kappa shape index (κ3) is 1.46. The molecule has 0 atom stereocenters. The summed E-state index contributed by atoms with van der Waals surface area (Å²) < 4.78 is 20.6. The zero-order valence-corrected chi connectivity index (χ0v) is 7.53. The van der Waals surface area contributed by atoms with Gasteiger partial charge in [-0.05, 0) is 24.3 Å². The quantitative estimate of drug-likeness (QED) is 0.521. The molecule has 2 nitrogen and oxygen atoms in total. The van der Waals surface area contributed by atoms with Gasteiger partial charge in [0.1, 0.15) is 5.82 Å². The maximum atomic E-state index is 12.5. The van der Waals surface area contributed by atoms with E-state index in [2.05, 4.69) is 8.75 Å². The van der Waals surface area contributed by atoms with Gasteiger partial charge in [0.05, 0.1) is 4.37 Å². The SMILES string of the molecule is Fc1ccc(-c2ns[s+]n2)cc1. The lowest BCUT2D eigenvalue weighted by Gasteiger charge is -1.90. The molecule has 1 aromatic carbocycles. The fourth-order valence-electron chi connectivity index (χ4n) is 0.825. The highest BCUT2D eigenvalue weighted by Crippen LogP contribution is 2.17. The molecule has 2 aromatic rings. The second-order valence-corrected chi connectivity index (χ2v) is 3.72. The normalized spacial score (nSPS) is 10.1. The van der Waals surface area contributed by atoms with Crippen LogP contribution in [0.25, 0.3) is 11.4 Å². The molecule has 1 aromatic heterocycles. The first-order valence-electron chi connectivity index (χ1n) is 3.24. The van der Waals surface area contributed by atoms with E-state index in [1.807, 2.05) is 0 Å². The van der Waals surface area contributed by atoms with Gasteiger partial charge in [0.2, 0.25) is 5.82 Å². The van der Waals surface area contributed by atoms with Crippen molar-refractivity contribution in [1.29, 1.82) is 0 Å². The van der Waals surface area contributed by atoms with Crippen LogP contribution in [0, 0.1) is 5.82 Å². The minimum absolute atomic E-state index is 0.238. The third-order valence-electron chi connectivity index (χ3n) is 1.38. The van der Waals surface area contributed by atoms with E-state index in [9.17, 15) is 4.39 Å². The first-order chi connectivity index (χ1) is 5.86. The molecule has 60 valence electrons. The lowest BCUT2D eigenvalue weighted by Crippen LogP contribution is -1.79. The number of rotatable bonds is 1. The minimum atomic E-state index is -0.238. The maximum Gasteiger partial charge on any atom is 0.462 e. The molecule has 0 aliphatic rings. The fraction of sp³-hybridized carbons (Fsp3) is 0. The lowest BCUT2D eigenvalue weighted by atomic mass is 10.2. The second-order valence-electron chi connectivity index (χ2n) is 2.16. The van der Waals surface area contributed by atoms with Crippen LogP contribution in [0.3, 0.4) is 0 Å². The van der Waals surface area contributed by atoms with E-state index < -0.39 is 0 Å². The Balaban J connectivity index is 2.43. The molecule has 5 heteroatoms. The van der Waals surface area contributed by atoms with Crippen molar-refractivity contribution in [2.24, 2.45) is 0 Å². The van der Waals surface area contributed by atoms with Crippen LogP contribution < -0.4 is 0 Å². The summed E-state index contributed by atoms with van der Waals surface area (Å²) in [6, 6.07) is 6.15. The zero-order valence-electron chi connectivity index (χ0n) is 5.90. The minimum Gasteiger partial charge on any atom is -0.207 e. The van der Waals surface area contributed by atoms with E-state index in [4.69, 9.17) is 0 Å². The number of aromatic nitrogens is 2. The second kappa shape index (κ2) is 3.20. The largest absolute Gasteiger partial charge is 0.462 e. The van der Waals surface area contributed by atoms with Crippen LogP contribution in [-0.4, -0.2) is 8.75 Å². The molecule has 0 amide bonds. The molecule has 0 saturated heterocycles. The van der Waals surface area contributed by atoms with Crippen molar-refractivity contribution in [2.75, 3.05) is 0 Å². The number of hydrogen-bond donors (Lipinski definition) is 0. The highest BCUT2D eigenvalue weighted by Gasteiger charge is 2.08. The number of hydrogen-bond acceptors (Lipinski definition) is 3. The van der Waals surface area contributed by atoms with Gasteiger partial charge >= 0.3 is 21.1 Å². The Kier molecular flexibility index (Phi) is 2.05. The molecule has 0 fully saturated rings. The van der Waals surface area contributed by atoms with E-state index in [1.165, 1.54) is 33.2 Å². The van der Waals surface area contributed by atoms with E-state index in [0.717, 1.165) is 5.56 Å². The Morgan fingerprint density at radius 3 is 2.58 bits per heavy atom. The van der Waals surface area contributed by atoms with Crippen molar-refractivity contribution >= 4 is 21.1 Å². The Morgan fingerprint density at radius 2 is 2.00 bits per heavy atom. The van der Waals surface area contributed by atoms with Crippen LogP contribution in [0.15, 0.2) is 24.3 Å². The molecule has 0 radical (unpaired) electrons. The smallest absolute Gasteiger partial charge is 0.207 e. The van der Waals surface area contributed by atoms with E-state index in [0.29, 0.717) is 5.82 Å². The number of benzene rings is 1. The standard InChI is InChI=1S/C7H4FN2S2/c8-6-3-1-5(2-4-6)7-9-11-12-10-7/h1-4H/q+1. The van der Waals surface area contributed by atoms with Crippen LogP contribution in [0.1, 0.15) is 0 Å². The van der Waals surface area contributed by atoms with Crippen molar-refractivity contribution < 1.29 is 4.39 Å². The van der Waals surface area contributed by atoms with Crippen LogP contribution in [-0.2, 0) is 0 Å². The van der Waals surface area contributed by atoms with Gasteiger partial charge in [0, 0.05) is 5.56 Å². The first kappa shape index (κ1) is 7.70. The average Bonchev–Trinajstić information content (AvgIpc) is 2.58. The van der Waals surface area contributed by atoms with Crippen LogP contribution in [0.5, 0.6) is 0 Å². The molecule has 0 N–H and O–H groups in total. The van der Waals surface area contributed by atoms with Crippen LogP contribution >= 0.6 is 21.1 Å². The van der Waals surface area contributed by atoms with Crippen LogP contribution in [0.4, 0.5) is 4.39 Å². The van der Waals surface area contributed by atoms with Gasteiger partial charge in [-0.25, -0.2) is 4.39 Å². The molecule has 0 aliphatic carbocycles. The van der Waals surface area contributed by atoms with Gasteiger partial charge in [-0.3, -0.25) is 0 Å². The summed E-state index contributed by atoms with van der Waals surface area (Å²) in [6.45, 7) is 0. The van der Waals surface area contributed by atoms with Gasteiger partial charge in [0.15, 0.2) is 0 Å². The Bertz CT molecular complexity index is 357. The molecule has 0 unspecified atom stereocenters. The average molecular weight is 199 g/mol. The van der Waals surface area contributed by atoms with Gasteiger partial charge in [-0.2, -0.15) is 0 Å². The van der Waals surface area contributed by atoms with Crippen molar-refractivity contribution in [3.05, 3.63) is 30.1 Å². The number of nitrogens with zero attached hydrogens (tertiary/aromatic N) is 2. The fourth-order valence-corrected chi connectivity index (χ4v) is 2.00. The van der Waals surface area contributed by atoms with Gasteiger partial charge < -0.3 is 0 Å². The number of halogens is 1. The molecule has 0 spiro atoms. The molecular formula is C7H4FN2S2+. The van der Waals surface area contributed by atoms with E-state index >= 15 is 0 Å². The van der Waals surface area contributed by atoms with Gasteiger partial charge in [0.25, 0.3) is 0 Å². The highest BCUT2D eigenvalue weighted by molar-refractivity contribution is 7.64. The summed E-state index contributed by atoms with van der Waals surface area (Å²) in [4.78, 5) is 0. The summed E-state index contributed by atoms with van der Waals surface area (Å²) in [6.07, 6.45) is 0. The van der Waals surface area contributed by atoms with Gasteiger partial charge in [-0.1, -0.05) is 0 Å². The summed E-state index contributed by atoms with van der Waals surface area (Å²) in [5.74, 6) is 0.433. The van der Waals surface area contributed by atoms with E-state index in [1.54, 1.807) is 12.1 Å². The molecule has 12 heavy (non-hydrogen) atoms. The Morgan fingerprint density at radius 1 is 1.25 bits per heavy atom. The van der Waals surface area contributed by atoms with Gasteiger partial charge in [-0.15, -0.1) is 4.37 Å². The molecular weight excluding hydrogens is 195 g/mol. The summed E-state index contributed by atoms with van der Waals surface area (Å²) >= 11 is 0. The van der Waals surface area contributed by atoms with E-state index in [-0.39, 0.29) is 5.82 Å². The zero-order chi connectivity index (χ0) is 8.39. The Labute approximate surface area is 76.0 Å². The predicted octanol–water partition coefficient (Wildman–Crippen LogP) is 2.69. The first-order valence-corrected chi connectivity index (χ1v) is 5.30. The summed E-state index contributed by atoms with van der Waals surface area (Å²) in [7, 11) is 2.65. The van der Waals surface area contributed by atoms with Crippen molar-refractivity contribution in [3.8, 4) is 11.4 Å². The van der Waals surface area contributed by atoms with Crippen molar-refractivity contribution in [3.63, 3.8) is 0 Å². The molecule has 2 rings (SSSR count). The van der Waals surface area contributed by atoms with Crippen molar-refractivity contribution in [2.45, 2.75) is 0 Å². The molecule has 0 bridgehead atoms. The lowest BCUT2D eigenvalue weighted by molar-refractivity contribution is 0.628. The Hall–Kier alpha value is -0.940. The van der Waals surface area contributed by atoms with Crippen molar-refractivity contribution in [1.82, 2.24) is 8.75 Å². The summed E-state index contributed by atoms with van der Waals surface area (Å²) in [5, 5.41) is 0. The molecule has 0 saturated carbocycles.